The van der Waals surface area contributed by atoms with E-state index >= 15 is 0 Å². The van der Waals surface area contributed by atoms with Gasteiger partial charge < -0.3 is 0 Å². The maximum Gasteiger partial charge on any atom is 0.00470 e. The van der Waals surface area contributed by atoms with Crippen LogP contribution in [0.15, 0.2) is 0 Å². The Labute approximate surface area is 113 Å². The largest absolute Gasteiger partial charge is 0.159 e. The number of hydrogen-bond donors (Lipinski definition) is 0. The summed E-state index contributed by atoms with van der Waals surface area (Å²) in [5.41, 5.74) is 0. The predicted octanol–water partition coefficient (Wildman–Crippen LogP) is 6.19. The molecular weight excluding hydrogens is 224 g/mol. The summed E-state index contributed by atoms with van der Waals surface area (Å²) in [5.74, 6) is 1.43. The molecule has 1 heteroatoms. The van der Waals surface area contributed by atoms with Crippen molar-refractivity contribution in [3.05, 3.63) is 0 Å². The first-order valence-corrected chi connectivity index (χ1v) is 9.10. The molecule has 1 aliphatic heterocycles. The van der Waals surface area contributed by atoms with Crippen molar-refractivity contribution in [2.75, 3.05) is 5.75 Å². The molecule has 1 saturated heterocycles. The summed E-state index contributed by atoms with van der Waals surface area (Å²) < 4.78 is 0. The highest BCUT2D eigenvalue weighted by molar-refractivity contribution is 7.99. The average Bonchev–Trinajstić information content (AvgIpc) is 2.38. The lowest BCUT2D eigenvalue weighted by molar-refractivity contribution is 0.539. The fraction of sp³-hybridized carbons (Fsp3) is 1.00. The third-order valence-corrected chi connectivity index (χ3v) is 5.37. The van der Waals surface area contributed by atoms with E-state index in [0.29, 0.717) is 0 Å². The molecule has 0 aromatic carbocycles. The molecule has 0 spiro atoms. The van der Waals surface area contributed by atoms with Crippen LogP contribution in [0.25, 0.3) is 0 Å². The molecule has 0 bridgehead atoms. The van der Waals surface area contributed by atoms with Crippen LogP contribution in [0, 0.1) is 0 Å². The maximum absolute atomic E-state index is 2.29. The molecule has 1 rings (SSSR count). The monoisotopic (exact) mass is 256 g/mol. The van der Waals surface area contributed by atoms with Crippen LogP contribution >= 0.6 is 11.8 Å². The van der Waals surface area contributed by atoms with Crippen molar-refractivity contribution in [2.24, 2.45) is 0 Å². The SMILES string of the molecule is CCCCCCCCCCCC1CCCCS1. The van der Waals surface area contributed by atoms with Gasteiger partial charge in [-0.25, -0.2) is 0 Å². The summed E-state index contributed by atoms with van der Waals surface area (Å²) >= 11 is 2.24. The maximum atomic E-state index is 2.29. The third-order valence-electron chi connectivity index (χ3n) is 3.90. The van der Waals surface area contributed by atoms with Crippen molar-refractivity contribution >= 4 is 11.8 Å². The van der Waals surface area contributed by atoms with Crippen LogP contribution in [0.4, 0.5) is 0 Å². The first-order valence-electron chi connectivity index (χ1n) is 8.05. The topological polar surface area (TPSA) is 0 Å². The van der Waals surface area contributed by atoms with Gasteiger partial charge in [0.1, 0.15) is 0 Å². The number of unbranched alkanes of at least 4 members (excludes halogenated alkanes) is 8. The zero-order valence-electron chi connectivity index (χ0n) is 11.9. The minimum absolute atomic E-state index is 1.02. The summed E-state index contributed by atoms with van der Waals surface area (Å²) in [7, 11) is 0. The summed E-state index contributed by atoms with van der Waals surface area (Å²) in [6, 6.07) is 0. The molecule has 0 saturated carbocycles. The minimum Gasteiger partial charge on any atom is -0.159 e. The molecule has 1 atom stereocenters. The lowest BCUT2D eigenvalue weighted by Gasteiger charge is -2.20. The summed E-state index contributed by atoms with van der Waals surface area (Å²) in [4.78, 5) is 0. The van der Waals surface area contributed by atoms with Gasteiger partial charge in [0, 0.05) is 5.25 Å². The van der Waals surface area contributed by atoms with E-state index in [-0.39, 0.29) is 0 Å². The number of hydrogen-bond acceptors (Lipinski definition) is 1. The quantitative estimate of drug-likeness (QED) is 0.420. The van der Waals surface area contributed by atoms with Crippen LogP contribution in [0.1, 0.15) is 90.4 Å². The van der Waals surface area contributed by atoms with Gasteiger partial charge in [0.15, 0.2) is 0 Å². The molecule has 17 heavy (non-hydrogen) atoms. The Balaban J connectivity index is 1.75. The van der Waals surface area contributed by atoms with Crippen molar-refractivity contribution in [1.29, 1.82) is 0 Å². The van der Waals surface area contributed by atoms with E-state index in [1.807, 2.05) is 0 Å². The molecule has 0 radical (unpaired) electrons. The molecule has 0 nitrogen and oxygen atoms in total. The zero-order valence-corrected chi connectivity index (χ0v) is 12.7. The van der Waals surface area contributed by atoms with Crippen LogP contribution in [0.3, 0.4) is 0 Å². The van der Waals surface area contributed by atoms with E-state index in [9.17, 15) is 0 Å². The molecular formula is C16H32S. The van der Waals surface area contributed by atoms with Gasteiger partial charge in [-0.3, -0.25) is 0 Å². The molecule has 1 fully saturated rings. The van der Waals surface area contributed by atoms with Gasteiger partial charge >= 0.3 is 0 Å². The average molecular weight is 256 g/mol. The van der Waals surface area contributed by atoms with E-state index in [2.05, 4.69) is 18.7 Å². The first-order chi connectivity index (χ1) is 8.43. The predicted molar refractivity (Wildman–Crippen MR) is 81.9 cm³/mol. The highest BCUT2D eigenvalue weighted by atomic mass is 32.2. The highest BCUT2D eigenvalue weighted by Crippen LogP contribution is 2.29. The fourth-order valence-corrected chi connectivity index (χ4v) is 4.09. The van der Waals surface area contributed by atoms with Crippen LogP contribution in [0.5, 0.6) is 0 Å². The van der Waals surface area contributed by atoms with Gasteiger partial charge in [-0.15, -0.1) is 0 Å². The third kappa shape index (κ3) is 8.99. The van der Waals surface area contributed by atoms with Crippen molar-refractivity contribution in [3.8, 4) is 0 Å². The van der Waals surface area contributed by atoms with E-state index in [0.717, 1.165) is 5.25 Å². The second-order valence-corrected chi connectivity index (χ2v) is 7.01. The molecule has 102 valence electrons. The molecule has 0 N–H and O–H groups in total. The van der Waals surface area contributed by atoms with Gasteiger partial charge in [-0.1, -0.05) is 71.1 Å². The Hall–Kier alpha value is 0.350. The van der Waals surface area contributed by atoms with Crippen LogP contribution in [0.2, 0.25) is 0 Å². The Morgan fingerprint density at radius 2 is 1.47 bits per heavy atom. The Bertz CT molecular complexity index is 150. The van der Waals surface area contributed by atoms with Gasteiger partial charge in [0.05, 0.1) is 0 Å². The molecule has 1 aliphatic rings. The van der Waals surface area contributed by atoms with Crippen LogP contribution < -0.4 is 0 Å². The summed E-state index contributed by atoms with van der Waals surface area (Å²) in [5, 5.41) is 1.02. The van der Waals surface area contributed by atoms with E-state index in [1.54, 1.807) is 0 Å². The smallest absolute Gasteiger partial charge is 0.00470 e. The van der Waals surface area contributed by atoms with Crippen LogP contribution in [-0.2, 0) is 0 Å². The molecule has 0 aliphatic carbocycles. The summed E-state index contributed by atoms with van der Waals surface area (Å²) in [6.45, 7) is 2.29. The number of thioether (sulfide) groups is 1. The normalized spacial score (nSPS) is 20.6. The van der Waals surface area contributed by atoms with Crippen molar-refractivity contribution in [1.82, 2.24) is 0 Å². The van der Waals surface area contributed by atoms with E-state index in [1.165, 1.54) is 89.2 Å². The lowest BCUT2D eigenvalue weighted by Crippen LogP contribution is -2.08. The van der Waals surface area contributed by atoms with E-state index < -0.39 is 0 Å². The van der Waals surface area contributed by atoms with Gasteiger partial charge in [0.25, 0.3) is 0 Å². The van der Waals surface area contributed by atoms with Crippen molar-refractivity contribution in [3.63, 3.8) is 0 Å². The van der Waals surface area contributed by atoms with E-state index in [4.69, 9.17) is 0 Å². The minimum atomic E-state index is 1.02. The van der Waals surface area contributed by atoms with Gasteiger partial charge in [0.2, 0.25) is 0 Å². The second-order valence-electron chi connectivity index (χ2n) is 5.61. The zero-order chi connectivity index (χ0) is 12.2. The molecule has 1 unspecified atom stereocenters. The van der Waals surface area contributed by atoms with Gasteiger partial charge in [-0.05, 0) is 25.0 Å². The Morgan fingerprint density at radius 1 is 0.824 bits per heavy atom. The summed E-state index contributed by atoms with van der Waals surface area (Å²) in [6.07, 6.45) is 19.2. The molecule has 1 heterocycles. The van der Waals surface area contributed by atoms with Crippen molar-refractivity contribution in [2.45, 2.75) is 95.6 Å². The van der Waals surface area contributed by atoms with Crippen LogP contribution in [-0.4, -0.2) is 11.0 Å². The Kier molecular flexibility index (Phi) is 10.4. The highest BCUT2D eigenvalue weighted by Gasteiger charge is 2.12. The molecule has 0 aromatic heterocycles. The Morgan fingerprint density at radius 3 is 2.06 bits per heavy atom. The molecule has 0 aromatic rings. The van der Waals surface area contributed by atoms with Crippen molar-refractivity contribution < 1.29 is 0 Å². The number of rotatable bonds is 10. The molecule has 0 amide bonds. The lowest BCUT2D eigenvalue weighted by atomic mass is 10.0. The van der Waals surface area contributed by atoms with Gasteiger partial charge in [-0.2, -0.15) is 11.8 Å². The standard InChI is InChI=1S/C16H32S/c1-2-3-4-5-6-7-8-9-10-13-16-14-11-12-15-17-16/h16H,2-15H2,1H3. The fourth-order valence-electron chi connectivity index (χ4n) is 2.72. The first kappa shape index (κ1) is 15.4. The second kappa shape index (κ2) is 11.4.